The van der Waals surface area contributed by atoms with Gasteiger partial charge in [0.25, 0.3) is 0 Å². The van der Waals surface area contributed by atoms with Crippen LogP contribution in [0, 0.1) is 0 Å². The zero-order chi connectivity index (χ0) is 12.6. The van der Waals surface area contributed by atoms with Gasteiger partial charge in [-0.3, -0.25) is 4.90 Å². The fourth-order valence-corrected chi connectivity index (χ4v) is 2.55. The lowest BCUT2D eigenvalue weighted by molar-refractivity contribution is 0.111. The maximum atomic E-state index is 5.70. The Kier molecular flexibility index (Phi) is 5.49. The van der Waals surface area contributed by atoms with Gasteiger partial charge in [-0.25, -0.2) is 0 Å². The summed E-state index contributed by atoms with van der Waals surface area (Å²) in [4.78, 5) is 2.53. The van der Waals surface area contributed by atoms with Gasteiger partial charge in [-0.1, -0.05) is 18.2 Å². The molecule has 1 aliphatic heterocycles. The molecule has 0 radical (unpaired) electrons. The molecule has 1 saturated heterocycles. The number of benzene rings is 1. The number of methoxy groups -OCH3 is 1. The summed E-state index contributed by atoms with van der Waals surface area (Å²) >= 11 is 0. The normalized spacial score (nSPS) is 20.2. The second-order valence-corrected chi connectivity index (χ2v) is 4.80. The first-order valence-corrected chi connectivity index (χ1v) is 6.81. The lowest BCUT2D eigenvalue weighted by Gasteiger charge is -2.23. The maximum absolute atomic E-state index is 5.70. The Hall–Kier alpha value is -1.06. The first-order chi connectivity index (χ1) is 8.90. The predicted octanol–water partition coefficient (Wildman–Crippen LogP) is 2.57. The van der Waals surface area contributed by atoms with Crippen LogP contribution in [-0.2, 0) is 4.74 Å². The van der Waals surface area contributed by atoms with Crippen molar-refractivity contribution in [2.75, 3.05) is 33.4 Å². The number of ether oxygens (including phenoxy) is 2. The number of para-hydroxylation sites is 1. The van der Waals surface area contributed by atoms with Crippen molar-refractivity contribution < 1.29 is 9.47 Å². The Morgan fingerprint density at radius 3 is 2.89 bits per heavy atom. The van der Waals surface area contributed by atoms with Gasteiger partial charge in [-0.2, -0.15) is 0 Å². The summed E-state index contributed by atoms with van der Waals surface area (Å²) in [6.07, 6.45) is 3.65. The van der Waals surface area contributed by atoms with Gasteiger partial charge in [-0.15, -0.1) is 0 Å². The Labute approximate surface area is 110 Å². The summed E-state index contributed by atoms with van der Waals surface area (Å²) in [6, 6.07) is 10.6. The Morgan fingerprint density at radius 2 is 2.11 bits per heavy atom. The molecule has 1 aliphatic rings. The molecule has 0 amide bonds. The van der Waals surface area contributed by atoms with Gasteiger partial charge < -0.3 is 9.47 Å². The fourth-order valence-electron chi connectivity index (χ4n) is 2.55. The van der Waals surface area contributed by atoms with Crippen molar-refractivity contribution in [2.24, 2.45) is 0 Å². The van der Waals surface area contributed by atoms with Crippen LogP contribution in [0.3, 0.4) is 0 Å². The summed E-state index contributed by atoms with van der Waals surface area (Å²) < 4.78 is 11.0. The molecule has 100 valence electrons. The van der Waals surface area contributed by atoms with Crippen molar-refractivity contribution >= 4 is 0 Å². The Balaban J connectivity index is 1.63. The molecule has 0 unspecified atom stereocenters. The topological polar surface area (TPSA) is 21.7 Å². The van der Waals surface area contributed by atoms with E-state index in [-0.39, 0.29) is 0 Å². The summed E-state index contributed by atoms with van der Waals surface area (Å²) in [7, 11) is 1.79. The highest BCUT2D eigenvalue weighted by Gasteiger charge is 2.23. The molecule has 1 fully saturated rings. The molecule has 0 bridgehead atoms. The fraction of sp³-hybridized carbons (Fsp3) is 0.600. The van der Waals surface area contributed by atoms with Crippen molar-refractivity contribution in [1.82, 2.24) is 4.90 Å². The quantitative estimate of drug-likeness (QED) is 0.693. The first-order valence-electron chi connectivity index (χ1n) is 6.81. The molecule has 0 spiro atoms. The predicted molar refractivity (Wildman–Crippen MR) is 73.0 cm³/mol. The van der Waals surface area contributed by atoms with Gasteiger partial charge in [0.1, 0.15) is 5.75 Å². The molecule has 0 N–H and O–H groups in total. The first kappa shape index (κ1) is 13.4. The Bertz CT molecular complexity index is 329. The van der Waals surface area contributed by atoms with E-state index < -0.39 is 0 Å². The van der Waals surface area contributed by atoms with E-state index in [4.69, 9.17) is 9.47 Å². The van der Waals surface area contributed by atoms with Crippen molar-refractivity contribution in [3.05, 3.63) is 30.3 Å². The summed E-state index contributed by atoms with van der Waals surface area (Å²) in [5.74, 6) is 0.965. The smallest absolute Gasteiger partial charge is 0.119 e. The van der Waals surface area contributed by atoms with Crippen molar-refractivity contribution in [3.8, 4) is 5.75 Å². The van der Waals surface area contributed by atoms with E-state index in [0.29, 0.717) is 6.04 Å². The third kappa shape index (κ3) is 4.00. The zero-order valence-corrected chi connectivity index (χ0v) is 11.2. The lowest BCUT2D eigenvalue weighted by Crippen LogP contribution is -2.34. The minimum absolute atomic E-state index is 0.617. The van der Waals surface area contributed by atoms with Crippen LogP contribution < -0.4 is 4.74 Å². The zero-order valence-electron chi connectivity index (χ0n) is 11.2. The van der Waals surface area contributed by atoms with Gasteiger partial charge in [0.15, 0.2) is 0 Å². The van der Waals surface area contributed by atoms with Crippen LogP contribution in [0.15, 0.2) is 30.3 Å². The monoisotopic (exact) mass is 249 g/mol. The van der Waals surface area contributed by atoms with E-state index >= 15 is 0 Å². The van der Waals surface area contributed by atoms with E-state index in [2.05, 4.69) is 4.90 Å². The summed E-state index contributed by atoms with van der Waals surface area (Å²) in [5.41, 5.74) is 0. The summed E-state index contributed by atoms with van der Waals surface area (Å²) in [5, 5.41) is 0. The standard InChI is InChI=1S/C15H23NO2/c1-17-13-14-7-5-10-16(14)11-6-12-18-15-8-3-2-4-9-15/h2-4,8-9,14H,5-7,10-13H2,1H3/t14-/m0/s1. The van der Waals surface area contributed by atoms with E-state index in [1.165, 1.54) is 19.4 Å². The van der Waals surface area contributed by atoms with Crippen molar-refractivity contribution in [1.29, 1.82) is 0 Å². The van der Waals surface area contributed by atoms with E-state index in [9.17, 15) is 0 Å². The molecule has 18 heavy (non-hydrogen) atoms. The molecule has 1 aromatic carbocycles. The van der Waals surface area contributed by atoms with E-state index in [0.717, 1.165) is 31.9 Å². The number of rotatable bonds is 7. The highest BCUT2D eigenvalue weighted by Crippen LogP contribution is 2.17. The van der Waals surface area contributed by atoms with Gasteiger partial charge in [0.05, 0.1) is 13.2 Å². The Morgan fingerprint density at radius 1 is 1.28 bits per heavy atom. The highest BCUT2D eigenvalue weighted by atomic mass is 16.5. The molecule has 0 aromatic heterocycles. The molecule has 3 nitrogen and oxygen atoms in total. The van der Waals surface area contributed by atoms with E-state index in [1.54, 1.807) is 7.11 Å². The molecular formula is C15H23NO2. The van der Waals surface area contributed by atoms with E-state index in [1.807, 2.05) is 30.3 Å². The number of nitrogens with zero attached hydrogens (tertiary/aromatic N) is 1. The SMILES string of the molecule is COC[C@@H]1CCCN1CCCOc1ccccc1. The van der Waals surface area contributed by atoms with Crippen LogP contribution in [0.2, 0.25) is 0 Å². The van der Waals surface area contributed by atoms with Crippen molar-refractivity contribution in [3.63, 3.8) is 0 Å². The molecular weight excluding hydrogens is 226 g/mol. The minimum atomic E-state index is 0.617. The van der Waals surface area contributed by atoms with Crippen LogP contribution in [0.4, 0.5) is 0 Å². The molecule has 1 aromatic rings. The second kappa shape index (κ2) is 7.39. The largest absolute Gasteiger partial charge is 0.494 e. The van der Waals surface area contributed by atoms with Crippen LogP contribution in [0.5, 0.6) is 5.75 Å². The molecule has 2 rings (SSSR count). The number of hydrogen-bond acceptors (Lipinski definition) is 3. The van der Waals surface area contributed by atoms with Crippen molar-refractivity contribution in [2.45, 2.75) is 25.3 Å². The second-order valence-electron chi connectivity index (χ2n) is 4.80. The van der Waals surface area contributed by atoms with Crippen LogP contribution >= 0.6 is 0 Å². The average Bonchev–Trinajstić information content (AvgIpc) is 2.84. The third-order valence-corrected chi connectivity index (χ3v) is 3.46. The molecule has 3 heteroatoms. The van der Waals surface area contributed by atoms with Gasteiger partial charge in [-0.05, 0) is 37.9 Å². The molecule has 0 aliphatic carbocycles. The molecule has 1 heterocycles. The van der Waals surface area contributed by atoms with Crippen LogP contribution in [0.25, 0.3) is 0 Å². The minimum Gasteiger partial charge on any atom is -0.494 e. The van der Waals surface area contributed by atoms with Crippen LogP contribution in [0.1, 0.15) is 19.3 Å². The van der Waals surface area contributed by atoms with Gasteiger partial charge >= 0.3 is 0 Å². The van der Waals surface area contributed by atoms with Crippen LogP contribution in [-0.4, -0.2) is 44.4 Å². The summed E-state index contributed by atoms with van der Waals surface area (Å²) in [6.45, 7) is 3.97. The highest BCUT2D eigenvalue weighted by molar-refractivity contribution is 5.20. The van der Waals surface area contributed by atoms with Gasteiger partial charge in [0, 0.05) is 19.7 Å². The third-order valence-electron chi connectivity index (χ3n) is 3.46. The molecule has 0 saturated carbocycles. The lowest BCUT2D eigenvalue weighted by atomic mass is 10.2. The van der Waals surface area contributed by atoms with Gasteiger partial charge in [0.2, 0.25) is 0 Å². The number of hydrogen-bond donors (Lipinski definition) is 0. The maximum Gasteiger partial charge on any atom is 0.119 e. The average molecular weight is 249 g/mol. The number of likely N-dealkylation sites (tertiary alicyclic amines) is 1. The molecule has 1 atom stereocenters.